The van der Waals surface area contributed by atoms with E-state index in [1.807, 2.05) is 13.0 Å². The van der Waals surface area contributed by atoms with E-state index in [4.69, 9.17) is 4.74 Å². The van der Waals surface area contributed by atoms with Crippen LogP contribution in [0, 0.1) is 17.0 Å². The first kappa shape index (κ1) is 20.0. The number of nitrogens with zero attached hydrogens (tertiary/aromatic N) is 4. The van der Waals surface area contributed by atoms with Gasteiger partial charge in [0, 0.05) is 11.4 Å². The summed E-state index contributed by atoms with van der Waals surface area (Å²) in [6.45, 7) is 4.59. The molecule has 0 unspecified atom stereocenters. The van der Waals surface area contributed by atoms with Gasteiger partial charge in [-0.05, 0) is 49.7 Å². The minimum Gasteiger partial charge on any atom is -0.494 e. The van der Waals surface area contributed by atoms with Crippen molar-refractivity contribution in [1.82, 2.24) is 15.0 Å². The van der Waals surface area contributed by atoms with Gasteiger partial charge >= 0.3 is 5.69 Å². The van der Waals surface area contributed by atoms with Crippen molar-refractivity contribution in [3.63, 3.8) is 0 Å². The first-order valence-corrected chi connectivity index (χ1v) is 9.26. The van der Waals surface area contributed by atoms with E-state index in [2.05, 4.69) is 32.5 Å². The normalized spacial score (nSPS) is 10.4. The second-order valence-corrected chi connectivity index (χ2v) is 6.32. The van der Waals surface area contributed by atoms with E-state index in [9.17, 15) is 10.1 Å². The van der Waals surface area contributed by atoms with Crippen LogP contribution >= 0.6 is 0 Å². The molecule has 9 heteroatoms. The zero-order valence-electron chi connectivity index (χ0n) is 16.3. The molecule has 3 aromatic rings. The van der Waals surface area contributed by atoms with Crippen LogP contribution in [0.15, 0.2) is 48.8 Å². The molecule has 0 radical (unpaired) electrons. The fourth-order valence-electron chi connectivity index (χ4n) is 2.57. The number of hydrogen-bond acceptors (Lipinski definition) is 8. The predicted molar refractivity (Wildman–Crippen MR) is 111 cm³/mol. The number of nitrogens with one attached hydrogen (secondary N) is 2. The van der Waals surface area contributed by atoms with Gasteiger partial charge in [0.05, 0.1) is 11.5 Å². The molecule has 9 nitrogen and oxygen atoms in total. The highest BCUT2D eigenvalue weighted by molar-refractivity contribution is 5.76. The third-order valence-corrected chi connectivity index (χ3v) is 4.02. The number of hydrogen-bond donors (Lipinski definition) is 2. The zero-order valence-corrected chi connectivity index (χ0v) is 16.3. The Morgan fingerprint density at radius 3 is 2.45 bits per heavy atom. The fraction of sp³-hybridized carbons (Fsp3) is 0.250. The summed E-state index contributed by atoms with van der Waals surface area (Å²) in [7, 11) is 0. The van der Waals surface area contributed by atoms with Gasteiger partial charge in [-0.25, -0.2) is 15.0 Å². The Hall–Kier alpha value is -3.75. The monoisotopic (exact) mass is 394 g/mol. The van der Waals surface area contributed by atoms with Gasteiger partial charge in [0.25, 0.3) is 0 Å². The van der Waals surface area contributed by atoms with Crippen LogP contribution in [0.25, 0.3) is 0 Å². The van der Waals surface area contributed by atoms with Crippen LogP contribution in [-0.4, -0.2) is 26.5 Å². The van der Waals surface area contributed by atoms with E-state index in [1.54, 1.807) is 36.4 Å². The molecule has 0 bridgehead atoms. The highest BCUT2D eigenvalue weighted by Crippen LogP contribution is 2.32. The molecule has 0 fully saturated rings. The van der Waals surface area contributed by atoms with Crippen LogP contribution < -0.4 is 15.4 Å². The largest absolute Gasteiger partial charge is 0.494 e. The summed E-state index contributed by atoms with van der Waals surface area (Å²) in [5, 5.41) is 17.6. The van der Waals surface area contributed by atoms with Gasteiger partial charge in [-0.15, -0.1) is 0 Å². The maximum atomic E-state index is 11.7. The first-order chi connectivity index (χ1) is 14.1. The van der Waals surface area contributed by atoms with E-state index in [0.29, 0.717) is 18.1 Å². The Balaban J connectivity index is 1.81. The quantitative estimate of drug-likeness (QED) is 0.303. The smallest absolute Gasteiger partial charge is 0.353 e. The van der Waals surface area contributed by atoms with E-state index in [0.717, 1.165) is 24.3 Å². The lowest BCUT2D eigenvalue weighted by molar-refractivity contribution is -0.383. The maximum absolute atomic E-state index is 11.7. The first-order valence-electron chi connectivity index (χ1n) is 9.26. The number of ether oxygens (including phenoxy) is 1. The molecule has 0 aliphatic heterocycles. The van der Waals surface area contributed by atoms with Crippen LogP contribution in [0.4, 0.5) is 28.8 Å². The number of rotatable bonds is 9. The minimum absolute atomic E-state index is 0.0603. The molecule has 0 saturated heterocycles. The molecule has 0 atom stereocenters. The highest BCUT2D eigenvalue weighted by Gasteiger charge is 2.23. The maximum Gasteiger partial charge on any atom is 0.353 e. The van der Waals surface area contributed by atoms with Gasteiger partial charge in [0.1, 0.15) is 17.9 Å². The van der Waals surface area contributed by atoms with Crippen LogP contribution in [0.3, 0.4) is 0 Å². The summed E-state index contributed by atoms with van der Waals surface area (Å²) in [4.78, 5) is 23.5. The Morgan fingerprint density at radius 2 is 1.79 bits per heavy atom. The zero-order chi connectivity index (χ0) is 20.6. The summed E-state index contributed by atoms with van der Waals surface area (Å²) in [6, 6.07) is 12.5. The summed E-state index contributed by atoms with van der Waals surface area (Å²) in [5.41, 5.74) is 1.17. The average Bonchev–Trinajstić information content (AvgIpc) is 2.69. The van der Waals surface area contributed by atoms with Gasteiger partial charge in [-0.3, -0.25) is 10.1 Å². The van der Waals surface area contributed by atoms with Crippen molar-refractivity contribution in [1.29, 1.82) is 0 Å². The molecular formula is C20H22N6O3. The van der Waals surface area contributed by atoms with Crippen LogP contribution in [0.1, 0.15) is 25.5 Å². The third kappa shape index (κ3) is 5.38. The molecule has 0 aliphatic carbocycles. The van der Waals surface area contributed by atoms with Crippen LogP contribution in [0.5, 0.6) is 5.75 Å². The van der Waals surface area contributed by atoms with Gasteiger partial charge in [-0.1, -0.05) is 19.4 Å². The van der Waals surface area contributed by atoms with Gasteiger partial charge < -0.3 is 15.4 Å². The van der Waals surface area contributed by atoms with Gasteiger partial charge in [-0.2, -0.15) is 0 Å². The van der Waals surface area contributed by atoms with E-state index in [1.165, 1.54) is 6.33 Å². The number of nitro groups is 1. The second-order valence-electron chi connectivity index (χ2n) is 6.32. The Morgan fingerprint density at radius 1 is 1.07 bits per heavy atom. The summed E-state index contributed by atoms with van der Waals surface area (Å²) >= 11 is 0. The molecular weight excluding hydrogens is 372 g/mol. The Labute approximate surface area is 168 Å². The molecule has 2 heterocycles. The molecule has 3 rings (SSSR count). The Bertz CT molecular complexity index is 978. The van der Waals surface area contributed by atoms with Gasteiger partial charge in [0.2, 0.25) is 11.6 Å². The van der Waals surface area contributed by atoms with E-state index < -0.39 is 4.92 Å². The van der Waals surface area contributed by atoms with E-state index in [-0.39, 0.29) is 17.3 Å². The van der Waals surface area contributed by atoms with Gasteiger partial charge in [0.15, 0.2) is 0 Å². The van der Waals surface area contributed by atoms with Crippen molar-refractivity contribution in [2.45, 2.75) is 26.7 Å². The average molecular weight is 394 g/mol. The van der Waals surface area contributed by atoms with Crippen molar-refractivity contribution in [3.05, 3.63) is 64.6 Å². The number of anilines is 4. The second kappa shape index (κ2) is 9.45. The van der Waals surface area contributed by atoms with Crippen molar-refractivity contribution in [2.75, 3.05) is 17.2 Å². The molecule has 0 saturated carbocycles. The predicted octanol–water partition coefficient (Wildman–Crippen LogP) is 4.75. The SMILES string of the molecule is CCCCOc1ccc(Nc2ncnc(Nc3cccc(C)n3)c2[N+](=O)[O-])cc1. The molecule has 0 amide bonds. The fourth-order valence-corrected chi connectivity index (χ4v) is 2.57. The number of unbranched alkanes of at least 4 members (excludes halogenated alkanes) is 1. The van der Waals surface area contributed by atoms with E-state index >= 15 is 0 Å². The number of aryl methyl sites for hydroxylation is 1. The molecule has 1 aromatic carbocycles. The number of pyridine rings is 1. The molecule has 150 valence electrons. The van der Waals surface area contributed by atoms with Crippen molar-refractivity contribution < 1.29 is 9.66 Å². The number of aromatic nitrogens is 3. The summed E-state index contributed by atoms with van der Waals surface area (Å²) in [6.07, 6.45) is 3.31. The van der Waals surface area contributed by atoms with Crippen molar-refractivity contribution in [2.24, 2.45) is 0 Å². The Kier molecular flexibility index (Phi) is 6.51. The summed E-state index contributed by atoms with van der Waals surface area (Å²) in [5.74, 6) is 1.35. The lowest BCUT2D eigenvalue weighted by atomic mass is 10.3. The molecule has 0 aliphatic rings. The summed E-state index contributed by atoms with van der Waals surface area (Å²) < 4.78 is 5.63. The minimum atomic E-state index is -0.525. The van der Waals surface area contributed by atoms with Crippen LogP contribution in [-0.2, 0) is 0 Å². The van der Waals surface area contributed by atoms with Crippen molar-refractivity contribution >= 4 is 28.8 Å². The molecule has 2 aromatic heterocycles. The standard InChI is InChI=1S/C20H22N6O3/c1-3-4-12-29-16-10-8-15(9-11-16)24-19-18(26(27)28)20(22-13-21-19)25-17-7-5-6-14(2)23-17/h5-11,13H,3-4,12H2,1-2H3,(H2,21,22,23,24,25). The highest BCUT2D eigenvalue weighted by atomic mass is 16.6. The lowest BCUT2D eigenvalue weighted by Crippen LogP contribution is -2.06. The molecule has 0 spiro atoms. The number of benzene rings is 1. The molecule has 2 N–H and O–H groups in total. The van der Waals surface area contributed by atoms with Crippen molar-refractivity contribution in [3.8, 4) is 5.75 Å². The third-order valence-electron chi connectivity index (χ3n) is 4.02. The lowest BCUT2D eigenvalue weighted by Gasteiger charge is -2.11. The van der Waals surface area contributed by atoms with Crippen LogP contribution in [0.2, 0.25) is 0 Å². The topological polar surface area (TPSA) is 115 Å². The molecule has 29 heavy (non-hydrogen) atoms.